The molecule has 106 valence electrons. The summed E-state index contributed by atoms with van der Waals surface area (Å²) in [4.78, 5) is 14.2. The minimum atomic E-state index is -0.0537. The maximum absolute atomic E-state index is 12.2. The fraction of sp³-hybridized carbons (Fsp3) is 0.312. The molecule has 2 rings (SSSR count). The predicted octanol–water partition coefficient (Wildman–Crippen LogP) is 4.27. The van der Waals surface area contributed by atoms with Gasteiger partial charge in [-0.2, -0.15) is 0 Å². The lowest BCUT2D eigenvalue weighted by atomic mass is 10.2. The van der Waals surface area contributed by atoms with E-state index in [0.717, 1.165) is 22.7 Å². The topological polar surface area (TPSA) is 38.3 Å². The summed E-state index contributed by atoms with van der Waals surface area (Å²) in [6.45, 7) is 6.73. The van der Waals surface area contributed by atoms with Gasteiger partial charge < -0.3 is 10.1 Å². The standard InChI is InChI=1S/C16H19NO2S/c1-4-14-11(3)10-15(20-14)16(18)17-12-6-8-13(9-7-12)19-5-2/h6-10H,4-5H2,1-3H3,(H,17,18). The molecule has 4 heteroatoms. The van der Waals surface area contributed by atoms with Gasteiger partial charge in [0.1, 0.15) is 5.75 Å². The Bertz CT molecular complexity index is 587. The van der Waals surface area contributed by atoms with Gasteiger partial charge in [-0.25, -0.2) is 0 Å². The van der Waals surface area contributed by atoms with Crippen molar-refractivity contribution in [2.75, 3.05) is 11.9 Å². The maximum atomic E-state index is 12.2. The Morgan fingerprint density at radius 3 is 2.50 bits per heavy atom. The van der Waals surface area contributed by atoms with Gasteiger partial charge in [0, 0.05) is 10.6 Å². The van der Waals surface area contributed by atoms with E-state index in [-0.39, 0.29) is 5.91 Å². The number of nitrogens with one attached hydrogen (secondary N) is 1. The Hall–Kier alpha value is -1.81. The van der Waals surface area contributed by atoms with Crippen LogP contribution in [0.15, 0.2) is 30.3 Å². The number of carbonyl (C=O) groups excluding carboxylic acids is 1. The number of anilines is 1. The summed E-state index contributed by atoms with van der Waals surface area (Å²) in [5.41, 5.74) is 1.97. The Balaban J connectivity index is 2.06. The highest BCUT2D eigenvalue weighted by molar-refractivity contribution is 7.14. The van der Waals surface area contributed by atoms with E-state index >= 15 is 0 Å². The van der Waals surface area contributed by atoms with E-state index in [0.29, 0.717) is 6.61 Å². The monoisotopic (exact) mass is 289 g/mol. The molecule has 0 saturated heterocycles. The number of thiophene rings is 1. The van der Waals surface area contributed by atoms with E-state index in [1.165, 1.54) is 10.4 Å². The highest BCUT2D eigenvalue weighted by Gasteiger charge is 2.11. The summed E-state index contributed by atoms with van der Waals surface area (Å²) in [5, 5.41) is 2.91. The van der Waals surface area contributed by atoms with Crippen LogP contribution in [0.1, 0.15) is 34.0 Å². The summed E-state index contributed by atoms with van der Waals surface area (Å²) in [6, 6.07) is 9.37. The third-order valence-electron chi connectivity index (χ3n) is 2.99. The first-order valence-corrected chi connectivity index (χ1v) is 7.59. The molecular formula is C16H19NO2S. The Morgan fingerprint density at radius 1 is 1.25 bits per heavy atom. The third kappa shape index (κ3) is 3.39. The van der Waals surface area contributed by atoms with E-state index in [2.05, 4.69) is 12.2 Å². The third-order valence-corrected chi connectivity index (χ3v) is 4.37. The molecule has 1 N–H and O–H groups in total. The maximum Gasteiger partial charge on any atom is 0.265 e. The van der Waals surface area contributed by atoms with E-state index in [1.807, 2.05) is 44.2 Å². The second kappa shape index (κ2) is 6.57. The van der Waals surface area contributed by atoms with Crippen LogP contribution in [0.5, 0.6) is 5.75 Å². The van der Waals surface area contributed by atoms with Gasteiger partial charge in [0.15, 0.2) is 0 Å². The SMILES string of the molecule is CCOc1ccc(NC(=O)c2cc(C)c(CC)s2)cc1. The van der Waals surface area contributed by atoms with Gasteiger partial charge >= 0.3 is 0 Å². The minimum Gasteiger partial charge on any atom is -0.494 e. The van der Waals surface area contributed by atoms with Crippen molar-refractivity contribution in [3.63, 3.8) is 0 Å². The second-order valence-electron chi connectivity index (χ2n) is 4.48. The number of amides is 1. The van der Waals surface area contributed by atoms with Crippen molar-refractivity contribution in [2.45, 2.75) is 27.2 Å². The number of hydrogen-bond donors (Lipinski definition) is 1. The summed E-state index contributed by atoms with van der Waals surface area (Å²) < 4.78 is 5.37. The lowest BCUT2D eigenvalue weighted by molar-refractivity contribution is 0.103. The van der Waals surface area contributed by atoms with Crippen LogP contribution in [-0.2, 0) is 6.42 Å². The van der Waals surface area contributed by atoms with Crippen LogP contribution in [0.2, 0.25) is 0 Å². The van der Waals surface area contributed by atoms with Gasteiger partial charge in [-0.1, -0.05) is 6.92 Å². The molecule has 3 nitrogen and oxygen atoms in total. The van der Waals surface area contributed by atoms with Gasteiger partial charge in [0.25, 0.3) is 5.91 Å². The summed E-state index contributed by atoms with van der Waals surface area (Å²) in [6.07, 6.45) is 0.965. The summed E-state index contributed by atoms with van der Waals surface area (Å²) in [5.74, 6) is 0.757. The van der Waals surface area contributed by atoms with Crippen molar-refractivity contribution in [3.8, 4) is 5.75 Å². The average molecular weight is 289 g/mol. The molecule has 0 spiro atoms. The highest BCUT2D eigenvalue weighted by Crippen LogP contribution is 2.24. The first-order chi connectivity index (χ1) is 9.63. The van der Waals surface area contributed by atoms with Gasteiger partial charge in [-0.05, 0) is 56.2 Å². The molecule has 2 aromatic rings. The largest absolute Gasteiger partial charge is 0.494 e. The Kier molecular flexibility index (Phi) is 4.79. The Labute approximate surface area is 123 Å². The van der Waals surface area contributed by atoms with Crippen LogP contribution in [-0.4, -0.2) is 12.5 Å². The van der Waals surface area contributed by atoms with E-state index in [9.17, 15) is 4.79 Å². The molecule has 0 atom stereocenters. The van der Waals surface area contributed by atoms with Crippen LogP contribution in [0, 0.1) is 6.92 Å². The Morgan fingerprint density at radius 2 is 1.95 bits per heavy atom. The zero-order chi connectivity index (χ0) is 14.5. The normalized spacial score (nSPS) is 10.3. The highest BCUT2D eigenvalue weighted by atomic mass is 32.1. The minimum absolute atomic E-state index is 0.0537. The molecule has 1 heterocycles. The fourth-order valence-electron chi connectivity index (χ4n) is 1.98. The van der Waals surface area contributed by atoms with E-state index in [1.54, 1.807) is 11.3 Å². The van der Waals surface area contributed by atoms with Gasteiger partial charge in [-0.3, -0.25) is 4.79 Å². The number of benzene rings is 1. The van der Waals surface area contributed by atoms with Gasteiger partial charge in [-0.15, -0.1) is 11.3 Å². The smallest absolute Gasteiger partial charge is 0.265 e. The van der Waals surface area contributed by atoms with Gasteiger partial charge in [0.05, 0.1) is 11.5 Å². The zero-order valence-corrected chi connectivity index (χ0v) is 12.8. The molecule has 20 heavy (non-hydrogen) atoms. The molecule has 1 amide bonds. The molecule has 0 fully saturated rings. The van der Waals surface area contributed by atoms with Crippen molar-refractivity contribution >= 4 is 22.9 Å². The number of carbonyl (C=O) groups is 1. The number of ether oxygens (including phenoxy) is 1. The number of hydrogen-bond acceptors (Lipinski definition) is 3. The van der Waals surface area contributed by atoms with Crippen molar-refractivity contribution < 1.29 is 9.53 Å². The van der Waals surface area contributed by atoms with Crippen LogP contribution in [0.25, 0.3) is 0 Å². The van der Waals surface area contributed by atoms with Crippen molar-refractivity contribution in [1.29, 1.82) is 0 Å². The molecule has 0 aliphatic rings. The molecule has 0 aliphatic carbocycles. The lowest BCUT2D eigenvalue weighted by Gasteiger charge is -2.06. The quantitative estimate of drug-likeness (QED) is 0.892. The molecule has 1 aromatic carbocycles. The van der Waals surface area contributed by atoms with Crippen LogP contribution < -0.4 is 10.1 Å². The van der Waals surface area contributed by atoms with E-state index < -0.39 is 0 Å². The molecule has 0 saturated carbocycles. The van der Waals surface area contributed by atoms with Crippen LogP contribution in [0.3, 0.4) is 0 Å². The number of aryl methyl sites for hydroxylation is 2. The van der Waals surface area contributed by atoms with Crippen LogP contribution in [0.4, 0.5) is 5.69 Å². The first kappa shape index (κ1) is 14.6. The van der Waals surface area contributed by atoms with Crippen molar-refractivity contribution in [1.82, 2.24) is 0 Å². The lowest BCUT2D eigenvalue weighted by Crippen LogP contribution is -2.09. The molecule has 0 unspecified atom stereocenters. The number of rotatable bonds is 5. The molecule has 0 bridgehead atoms. The predicted molar refractivity (Wildman–Crippen MR) is 84.0 cm³/mol. The average Bonchev–Trinajstić information content (AvgIpc) is 2.82. The first-order valence-electron chi connectivity index (χ1n) is 6.77. The van der Waals surface area contributed by atoms with Crippen molar-refractivity contribution in [2.24, 2.45) is 0 Å². The molecular weight excluding hydrogens is 270 g/mol. The van der Waals surface area contributed by atoms with Gasteiger partial charge in [0.2, 0.25) is 0 Å². The molecule has 0 radical (unpaired) electrons. The zero-order valence-electron chi connectivity index (χ0n) is 12.0. The molecule has 1 aromatic heterocycles. The van der Waals surface area contributed by atoms with Crippen LogP contribution >= 0.6 is 11.3 Å². The molecule has 0 aliphatic heterocycles. The summed E-state index contributed by atoms with van der Waals surface area (Å²) in [7, 11) is 0. The second-order valence-corrected chi connectivity index (χ2v) is 5.62. The van der Waals surface area contributed by atoms with Crippen molar-refractivity contribution in [3.05, 3.63) is 45.6 Å². The fourth-order valence-corrected chi connectivity index (χ4v) is 2.99. The summed E-state index contributed by atoms with van der Waals surface area (Å²) >= 11 is 1.56. The van der Waals surface area contributed by atoms with E-state index in [4.69, 9.17) is 4.74 Å².